The molecule has 0 heterocycles. The highest BCUT2D eigenvalue weighted by Crippen LogP contribution is 2.21. The van der Waals surface area contributed by atoms with E-state index in [4.69, 9.17) is 5.73 Å². The van der Waals surface area contributed by atoms with Crippen molar-refractivity contribution in [1.29, 1.82) is 0 Å². The second-order valence-electron chi connectivity index (χ2n) is 2.98. The summed E-state index contributed by atoms with van der Waals surface area (Å²) in [4.78, 5) is 20.6. The summed E-state index contributed by atoms with van der Waals surface area (Å²) in [5.41, 5.74) is 6.09. The summed E-state index contributed by atoms with van der Waals surface area (Å²) >= 11 is 0. The predicted octanol–water partition coefficient (Wildman–Crippen LogP) is 1.40. The summed E-state index contributed by atoms with van der Waals surface area (Å²) in [7, 11) is 0. The highest BCUT2D eigenvalue weighted by atomic mass is 16.6. The molecule has 0 radical (unpaired) electrons. The van der Waals surface area contributed by atoms with E-state index in [1.165, 1.54) is 18.2 Å². The van der Waals surface area contributed by atoms with Gasteiger partial charge in [-0.2, -0.15) is 0 Å². The highest BCUT2D eigenvalue weighted by molar-refractivity contribution is 5.90. The average Bonchev–Trinajstić information content (AvgIpc) is 2.15. The molecule has 0 atom stereocenters. The Bertz CT molecular complexity index is 438. The molecule has 0 fully saturated rings. The van der Waals surface area contributed by atoms with Crippen LogP contribution in [-0.4, -0.2) is 10.8 Å². The van der Waals surface area contributed by atoms with Crippen LogP contribution in [0.5, 0.6) is 0 Å². The van der Waals surface area contributed by atoms with Crippen LogP contribution in [0.4, 0.5) is 5.69 Å². The minimum absolute atomic E-state index is 0.0293. The van der Waals surface area contributed by atoms with E-state index in [1.807, 2.05) is 0 Å². The number of carbonyl (C=O) groups is 1. The van der Waals surface area contributed by atoms with Gasteiger partial charge in [0.1, 0.15) is 0 Å². The fraction of sp³-hybridized carbons (Fsp3) is 0.100. The average molecular weight is 206 g/mol. The molecular formula is C10H10N2O3. The van der Waals surface area contributed by atoms with Crippen LogP contribution in [0.3, 0.4) is 0 Å². The van der Waals surface area contributed by atoms with E-state index in [0.29, 0.717) is 11.1 Å². The molecule has 1 amide bonds. The van der Waals surface area contributed by atoms with Gasteiger partial charge in [-0.3, -0.25) is 14.9 Å². The fourth-order valence-electron chi connectivity index (χ4n) is 1.19. The summed E-state index contributed by atoms with van der Waals surface area (Å²) in [5.74, 6) is -0.582. The maximum atomic E-state index is 10.6. The van der Waals surface area contributed by atoms with E-state index in [-0.39, 0.29) is 5.69 Å². The lowest BCUT2D eigenvalue weighted by Crippen LogP contribution is -2.05. The summed E-state index contributed by atoms with van der Waals surface area (Å²) in [6.45, 7) is 1.62. The molecule has 5 heteroatoms. The first-order valence-corrected chi connectivity index (χ1v) is 4.24. The summed E-state index contributed by atoms with van der Waals surface area (Å²) in [6.07, 6.45) is 2.64. The van der Waals surface area contributed by atoms with E-state index in [1.54, 1.807) is 19.1 Å². The first-order valence-electron chi connectivity index (χ1n) is 4.24. The Morgan fingerprint density at radius 3 is 2.73 bits per heavy atom. The van der Waals surface area contributed by atoms with Gasteiger partial charge in [-0.15, -0.1) is 0 Å². The summed E-state index contributed by atoms with van der Waals surface area (Å²) in [6, 6.07) is 4.66. The number of nitro benzene ring substituents is 1. The molecule has 0 saturated carbocycles. The molecule has 15 heavy (non-hydrogen) atoms. The van der Waals surface area contributed by atoms with Crippen LogP contribution in [0.1, 0.15) is 11.1 Å². The Morgan fingerprint density at radius 2 is 2.20 bits per heavy atom. The molecule has 0 aliphatic heterocycles. The van der Waals surface area contributed by atoms with Crippen molar-refractivity contribution >= 4 is 17.7 Å². The van der Waals surface area contributed by atoms with Crippen LogP contribution < -0.4 is 5.73 Å². The zero-order valence-corrected chi connectivity index (χ0v) is 8.14. The number of carbonyl (C=O) groups excluding carboxylic acids is 1. The lowest BCUT2D eigenvalue weighted by Gasteiger charge is -2.00. The van der Waals surface area contributed by atoms with E-state index < -0.39 is 10.8 Å². The van der Waals surface area contributed by atoms with Crippen LogP contribution in [0, 0.1) is 17.0 Å². The zero-order chi connectivity index (χ0) is 11.4. The first-order chi connectivity index (χ1) is 7.02. The van der Waals surface area contributed by atoms with E-state index in [9.17, 15) is 14.9 Å². The lowest BCUT2D eigenvalue weighted by molar-refractivity contribution is -0.385. The summed E-state index contributed by atoms with van der Waals surface area (Å²) < 4.78 is 0. The number of nitrogens with two attached hydrogens (primary N) is 1. The van der Waals surface area contributed by atoms with Gasteiger partial charge in [-0.25, -0.2) is 0 Å². The molecule has 0 spiro atoms. The van der Waals surface area contributed by atoms with Crippen LogP contribution in [0.2, 0.25) is 0 Å². The third-order valence-electron chi connectivity index (χ3n) is 1.97. The van der Waals surface area contributed by atoms with Crippen LogP contribution in [0.15, 0.2) is 24.3 Å². The molecule has 1 aromatic carbocycles. The van der Waals surface area contributed by atoms with Crippen molar-refractivity contribution in [2.24, 2.45) is 5.73 Å². The molecular weight excluding hydrogens is 196 g/mol. The Kier molecular flexibility index (Phi) is 3.17. The third kappa shape index (κ3) is 2.63. The number of primary amides is 1. The van der Waals surface area contributed by atoms with Crippen molar-refractivity contribution in [2.45, 2.75) is 6.92 Å². The molecule has 0 aliphatic carbocycles. The number of benzene rings is 1. The number of nitrogens with zero attached hydrogens (tertiary/aromatic N) is 1. The maximum absolute atomic E-state index is 10.6. The molecule has 0 saturated heterocycles. The number of hydrogen-bond donors (Lipinski definition) is 1. The van der Waals surface area contributed by atoms with Crippen LogP contribution in [-0.2, 0) is 4.79 Å². The molecule has 78 valence electrons. The van der Waals surface area contributed by atoms with Crippen molar-refractivity contribution < 1.29 is 9.72 Å². The van der Waals surface area contributed by atoms with Gasteiger partial charge < -0.3 is 5.73 Å². The SMILES string of the molecule is Cc1c(C=CC(N)=O)cccc1[N+](=O)[O-]. The topological polar surface area (TPSA) is 86.2 Å². The Balaban J connectivity index is 3.15. The Hall–Kier alpha value is -2.17. The molecule has 0 bridgehead atoms. The predicted molar refractivity (Wildman–Crippen MR) is 56.1 cm³/mol. The minimum atomic E-state index is -0.582. The molecule has 1 rings (SSSR count). The molecule has 0 unspecified atom stereocenters. The maximum Gasteiger partial charge on any atom is 0.272 e. The van der Waals surface area contributed by atoms with Crippen molar-refractivity contribution in [2.75, 3.05) is 0 Å². The number of amides is 1. The van der Waals surface area contributed by atoms with E-state index in [2.05, 4.69) is 0 Å². The lowest BCUT2D eigenvalue weighted by atomic mass is 10.1. The quantitative estimate of drug-likeness (QED) is 0.460. The number of hydrogen-bond acceptors (Lipinski definition) is 3. The highest BCUT2D eigenvalue weighted by Gasteiger charge is 2.11. The third-order valence-corrected chi connectivity index (χ3v) is 1.97. The largest absolute Gasteiger partial charge is 0.366 e. The summed E-state index contributed by atoms with van der Waals surface area (Å²) in [5, 5.41) is 10.6. The molecule has 2 N–H and O–H groups in total. The smallest absolute Gasteiger partial charge is 0.272 e. The molecule has 0 aromatic heterocycles. The standard InChI is InChI=1S/C10H10N2O3/c1-7-8(5-6-10(11)13)3-2-4-9(7)12(14)15/h2-6H,1H3,(H2,11,13). The van der Waals surface area contributed by atoms with Crippen LogP contribution in [0.25, 0.3) is 6.08 Å². The zero-order valence-electron chi connectivity index (χ0n) is 8.14. The van der Waals surface area contributed by atoms with Gasteiger partial charge in [0.15, 0.2) is 0 Å². The van der Waals surface area contributed by atoms with E-state index >= 15 is 0 Å². The van der Waals surface area contributed by atoms with E-state index in [0.717, 1.165) is 0 Å². The van der Waals surface area contributed by atoms with Crippen molar-refractivity contribution in [3.8, 4) is 0 Å². The van der Waals surface area contributed by atoms with Crippen LogP contribution >= 0.6 is 0 Å². The monoisotopic (exact) mass is 206 g/mol. The Morgan fingerprint density at radius 1 is 1.53 bits per heavy atom. The second-order valence-corrected chi connectivity index (χ2v) is 2.98. The number of nitro groups is 1. The number of rotatable bonds is 3. The van der Waals surface area contributed by atoms with Crippen molar-refractivity contribution in [1.82, 2.24) is 0 Å². The van der Waals surface area contributed by atoms with Gasteiger partial charge in [-0.05, 0) is 18.6 Å². The normalized spacial score (nSPS) is 10.5. The minimum Gasteiger partial charge on any atom is -0.366 e. The molecule has 1 aromatic rings. The van der Waals surface area contributed by atoms with Gasteiger partial charge in [0.2, 0.25) is 5.91 Å². The molecule has 5 nitrogen and oxygen atoms in total. The molecule has 0 aliphatic rings. The van der Waals surface area contributed by atoms with Crippen molar-refractivity contribution in [3.05, 3.63) is 45.5 Å². The van der Waals surface area contributed by atoms with Crippen molar-refractivity contribution in [3.63, 3.8) is 0 Å². The second kappa shape index (κ2) is 4.36. The van der Waals surface area contributed by atoms with Gasteiger partial charge in [-0.1, -0.05) is 12.1 Å². The first kappa shape index (κ1) is 10.9. The van der Waals surface area contributed by atoms with Gasteiger partial charge in [0.25, 0.3) is 5.69 Å². The van der Waals surface area contributed by atoms with Gasteiger partial charge >= 0.3 is 0 Å². The van der Waals surface area contributed by atoms with Gasteiger partial charge in [0, 0.05) is 17.7 Å². The van der Waals surface area contributed by atoms with Gasteiger partial charge in [0.05, 0.1) is 4.92 Å². The Labute approximate surface area is 86.4 Å². The fourth-order valence-corrected chi connectivity index (χ4v) is 1.19.